The van der Waals surface area contributed by atoms with Crippen molar-refractivity contribution >= 4 is 11.9 Å². The van der Waals surface area contributed by atoms with Crippen LogP contribution in [0.5, 0.6) is 6.01 Å². The maximum Gasteiger partial charge on any atom is 0.323 e. The van der Waals surface area contributed by atoms with Crippen LogP contribution in [0.4, 0.5) is 11.9 Å². The fourth-order valence-electron chi connectivity index (χ4n) is 1.98. The molecule has 1 heterocycles. The smallest absolute Gasteiger partial charge is 0.323 e. The summed E-state index contributed by atoms with van der Waals surface area (Å²) in [6.45, 7) is 7.17. The highest BCUT2D eigenvalue weighted by atomic mass is 16.5. The molecule has 0 saturated heterocycles. The van der Waals surface area contributed by atoms with Crippen LogP contribution in [0.25, 0.3) is 0 Å². The zero-order valence-corrected chi connectivity index (χ0v) is 12.3. The second-order valence-electron chi connectivity index (χ2n) is 5.51. The van der Waals surface area contributed by atoms with Gasteiger partial charge in [0.15, 0.2) is 0 Å². The van der Waals surface area contributed by atoms with E-state index in [0.29, 0.717) is 17.9 Å². The van der Waals surface area contributed by atoms with Gasteiger partial charge in [-0.05, 0) is 32.1 Å². The van der Waals surface area contributed by atoms with Gasteiger partial charge in [0, 0.05) is 20.6 Å². The van der Waals surface area contributed by atoms with Crippen LogP contribution in [0.1, 0.15) is 27.2 Å². The van der Waals surface area contributed by atoms with Crippen LogP contribution in [0, 0.1) is 11.8 Å². The molecule has 1 saturated carbocycles. The fraction of sp³-hybridized carbons (Fsp3) is 0.769. The van der Waals surface area contributed by atoms with E-state index >= 15 is 0 Å². The van der Waals surface area contributed by atoms with Gasteiger partial charge < -0.3 is 15.0 Å². The van der Waals surface area contributed by atoms with Gasteiger partial charge in [0.05, 0.1) is 6.10 Å². The third kappa shape index (κ3) is 3.68. The number of rotatable bonds is 6. The van der Waals surface area contributed by atoms with Crippen LogP contribution < -0.4 is 15.0 Å². The Morgan fingerprint density at radius 1 is 1.37 bits per heavy atom. The highest BCUT2D eigenvalue weighted by molar-refractivity contribution is 5.37. The third-order valence-electron chi connectivity index (χ3n) is 3.29. The zero-order valence-electron chi connectivity index (χ0n) is 12.3. The van der Waals surface area contributed by atoms with Gasteiger partial charge in [0.2, 0.25) is 11.9 Å². The van der Waals surface area contributed by atoms with E-state index in [1.165, 1.54) is 6.42 Å². The van der Waals surface area contributed by atoms with Crippen molar-refractivity contribution < 1.29 is 4.74 Å². The van der Waals surface area contributed by atoms with Crippen molar-refractivity contribution in [1.82, 2.24) is 15.0 Å². The molecule has 2 atom stereocenters. The van der Waals surface area contributed by atoms with Crippen molar-refractivity contribution in [1.29, 1.82) is 0 Å². The first-order chi connectivity index (χ1) is 8.99. The lowest BCUT2D eigenvalue weighted by atomic mass is 10.3. The maximum absolute atomic E-state index is 5.56. The van der Waals surface area contributed by atoms with E-state index in [1.807, 2.05) is 20.9 Å². The molecule has 1 N–H and O–H groups in total. The molecule has 1 aromatic heterocycles. The molecule has 1 aromatic rings. The monoisotopic (exact) mass is 265 g/mol. The molecule has 0 spiro atoms. The summed E-state index contributed by atoms with van der Waals surface area (Å²) in [5.41, 5.74) is 0. The van der Waals surface area contributed by atoms with Gasteiger partial charge in [-0.2, -0.15) is 15.0 Å². The minimum atomic E-state index is 0.0497. The number of nitrogens with zero attached hydrogens (tertiary/aromatic N) is 4. The van der Waals surface area contributed by atoms with Gasteiger partial charge in [0.25, 0.3) is 0 Å². The summed E-state index contributed by atoms with van der Waals surface area (Å²) < 4.78 is 5.56. The normalized spacial score (nSPS) is 21.4. The molecule has 0 aromatic carbocycles. The van der Waals surface area contributed by atoms with Crippen molar-refractivity contribution in [3.05, 3.63) is 0 Å². The number of aromatic nitrogens is 3. The van der Waals surface area contributed by atoms with E-state index in [0.717, 1.165) is 18.4 Å². The minimum Gasteiger partial charge on any atom is -0.461 e. The summed E-state index contributed by atoms with van der Waals surface area (Å²) >= 11 is 0. The van der Waals surface area contributed by atoms with Crippen molar-refractivity contribution in [2.24, 2.45) is 11.8 Å². The average molecular weight is 265 g/mol. The van der Waals surface area contributed by atoms with E-state index in [9.17, 15) is 0 Å². The number of anilines is 2. The molecular weight excluding hydrogens is 242 g/mol. The minimum absolute atomic E-state index is 0.0497. The van der Waals surface area contributed by atoms with Gasteiger partial charge in [0.1, 0.15) is 0 Å². The topological polar surface area (TPSA) is 63.2 Å². The standard InChI is InChI=1S/C13H23N5O/c1-8(2)19-13-16-11(14-4)15-12(17-13)18(5)7-10-6-9(10)3/h8-10H,6-7H2,1-5H3,(H,14,15,16,17). The zero-order chi connectivity index (χ0) is 14.0. The molecule has 6 heteroatoms. The Kier molecular flexibility index (Phi) is 4.07. The van der Waals surface area contributed by atoms with Gasteiger partial charge in [-0.25, -0.2) is 0 Å². The Hall–Kier alpha value is -1.59. The highest BCUT2D eigenvalue weighted by Crippen LogP contribution is 2.38. The summed E-state index contributed by atoms with van der Waals surface area (Å²) in [7, 11) is 3.81. The lowest BCUT2D eigenvalue weighted by Crippen LogP contribution is -2.24. The highest BCUT2D eigenvalue weighted by Gasteiger charge is 2.33. The molecule has 2 unspecified atom stereocenters. The molecule has 1 aliphatic rings. The van der Waals surface area contributed by atoms with Crippen LogP contribution in [-0.4, -0.2) is 41.7 Å². The Labute approximate surface area is 114 Å². The molecule has 2 rings (SSSR count). The van der Waals surface area contributed by atoms with Crippen LogP contribution >= 0.6 is 0 Å². The summed E-state index contributed by atoms with van der Waals surface area (Å²) in [5, 5.41) is 2.94. The van der Waals surface area contributed by atoms with Crippen LogP contribution in [0.3, 0.4) is 0 Å². The first-order valence-corrected chi connectivity index (χ1v) is 6.81. The molecule has 6 nitrogen and oxygen atoms in total. The van der Waals surface area contributed by atoms with E-state index in [2.05, 4.69) is 32.1 Å². The van der Waals surface area contributed by atoms with Crippen LogP contribution in [0.2, 0.25) is 0 Å². The largest absolute Gasteiger partial charge is 0.461 e. The molecule has 0 amide bonds. The number of nitrogens with one attached hydrogen (secondary N) is 1. The molecule has 1 aliphatic carbocycles. The maximum atomic E-state index is 5.56. The van der Waals surface area contributed by atoms with E-state index in [-0.39, 0.29) is 6.10 Å². The van der Waals surface area contributed by atoms with Gasteiger partial charge in [-0.1, -0.05) is 6.92 Å². The van der Waals surface area contributed by atoms with E-state index in [1.54, 1.807) is 7.05 Å². The summed E-state index contributed by atoms with van der Waals surface area (Å²) in [6, 6.07) is 0.375. The summed E-state index contributed by atoms with van der Waals surface area (Å²) in [6.07, 6.45) is 1.35. The first kappa shape index (κ1) is 13.8. The van der Waals surface area contributed by atoms with Crippen LogP contribution in [-0.2, 0) is 0 Å². The molecule has 0 aliphatic heterocycles. The number of hydrogen-bond acceptors (Lipinski definition) is 6. The molecule has 0 bridgehead atoms. The Balaban J connectivity index is 2.13. The molecule has 1 fully saturated rings. The van der Waals surface area contributed by atoms with E-state index < -0.39 is 0 Å². The van der Waals surface area contributed by atoms with Gasteiger partial charge in [-0.15, -0.1) is 0 Å². The van der Waals surface area contributed by atoms with E-state index in [4.69, 9.17) is 4.74 Å². The first-order valence-electron chi connectivity index (χ1n) is 6.81. The summed E-state index contributed by atoms with van der Waals surface area (Å²) in [4.78, 5) is 15.0. The Morgan fingerprint density at radius 3 is 2.58 bits per heavy atom. The molecule has 19 heavy (non-hydrogen) atoms. The second kappa shape index (κ2) is 5.59. The summed E-state index contributed by atoms with van der Waals surface area (Å²) in [5.74, 6) is 2.78. The SMILES string of the molecule is CNc1nc(OC(C)C)nc(N(C)CC2CC2C)n1. The quantitative estimate of drug-likeness (QED) is 0.846. The van der Waals surface area contributed by atoms with Crippen molar-refractivity contribution in [2.75, 3.05) is 30.9 Å². The van der Waals surface area contributed by atoms with Crippen molar-refractivity contribution in [2.45, 2.75) is 33.3 Å². The molecule has 106 valence electrons. The Bertz CT molecular complexity index is 437. The fourth-order valence-corrected chi connectivity index (χ4v) is 1.98. The molecule has 0 radical (unpaired) electrons. The lowest BCUT2D eigenvalue weighted by Gasteiger charge is -2.18. The average Bonchev–Trinajstić information content (AvgIpc) is 3.03. The van der Waals surface area contributed by atoms with Gasteiger partial charge >= 0.3 is 6.01 Å². The second-order valence-corrected chi connectivity index (χ2v) is 5.51. The number of ether oxygens (including phenoxy) is 1. The predicted octanol–water partition coefficient (Wildman–Crippen LogP) is 1.79. The lowest BCUT2D eigenvalue weighted by molar-refractivity contribution is 0.222. The van der Waals surface area contributed by atoms with Gasteiger partial charge in [-0.3, -0.25) is 0 Å². The van der Waals surface area contributed by atoms with Crippen LogP contribution in [0.15, 0.2) is 0 Å². The predicted molar refractivity (Wildman–Crippen MR) is 75.7 cm³/mol. The van der Waals surface area contributed by atoms with Crippen molar-refractivity contribution in [3.8, 4) is 6.01 Å². The number of hydrogen-bond donors (Lipinski definition) is 1. The van der Waals surface area contributed by atoms with Crippen molar-refractivity contribution in [3.63, 3.8) is 0 Å². The third-order valence-corrected chi connectivity index (χ3v) is 3.29. The molecular formula is C13H23N5O. The Morgan fingerprint density at radius 2 is 2.05 bits per heavy atom.